The molecule has 0 saturated heterocycles. The van der Waals surface area contributed by atoms with Crippen LogP contribution in [-0.4, -0.2) is 26.9 Å². The van der Waals surface area contributed by atoms with Crippen LogP contribution in [0.5, 0.6) is 0 Å². The minimum atomic E-state index is -3.79. The van der Waals surface area contributed by atoms with Crippen molar-refractivity contribution in [1.29, 1.82) is 0 Å². The van der Waals surface area contributed by atoms with Crippen LogP contribution < -0.4 is 10.0 Å². The molecule has 0 spiro atoms. The number of furan rings is 1. The lowest BCUT2D eigenvalue weighted by atomic mass is 10.3. The molecule has 1 amide bonds. The minimum Gasteiger partial charge on any atom is -0.431 e. The quantitative estimate of drug-likeness (QED) is 0.858. The van der Waals surface area contributed by atoms with Gasteiger partial charge in [-0.05, 0) is 32.4 Å². The summed E-state index contributed by atoms with van der Waals surface area (Å²) in [6.45, 7) is 5.50. The lowest BCUT2D eigenvalue weighted by Gasteiger charge is -2.05. The van der Waals surface area contributed by atoms with Gasteiger partial charge in [0.25, 0.3) is 15.9 Å². The molecule has 1 heterocycles. The summed E-state index contributed by atoms with van der Waals surface area (Å²) < 4.78 is 30.8. The Morgan fingerprint density at radius 1 is 1.50 bits per heavy atom. The maximum atomic E-state index is 11.8. The molecule has 8 heteroatoms. The van der Waals surface area contributed by atoms with Gasteiger partial charge in [-0.25, -0.2) is 13.1 Å². The van der Waals surface area contributed by atoms with Gasteiger partial charge in [0.2, 0.25) is 10.3 Å². The summed E-state index contributed by atoms with van der Waals surface area (Å²) in [4.78, 5) is 11.6. The first-order valence-electron chi connectivity index (χ1n) is 5.37. The van der Waals surface area contributed by atoms with Crippen LogP contribution >= 0.6 is 11.6 Å². The molecule has 0 aliphatic carbocycles. The lowest BCUT2D eigenvalue weighted by Crippen LogP contribution is -2.30. The van der Waals surface area contributed by atoms with E-state index >= 15 is 0 Å². The molecule has 1 aromatic rings. The zero-order valence-corrected chi connectivity index (χ0v) is 11.9. The van der Waals surface area contributed by atoms with Gasteiger partial charge in [0, 0.05) is 18.7 Å². The first kappa shape index (κ1) is 15.0. The average molecular weight is 295 g/mol. The third kappa shape index (κ3) is 3.47. The number of carbonyl (C=O) groups excluding carboxylic acids is 1. The SMILES string of the molecule is CCNC(=O)c1cc(S(=O)(=O)NC(C)C)oc1Cl. The number of hydrogen-bond donors (Lipinski definition) is 2. The highest BCUT2D eigenvalue weighted by molar-refractivity contribution is 7.89. The summed E-state index contributed by atoms with van der Waals surface area (Å²) in [5.74, 6) is -0.475. The predicted molar refractivity (Wildman–Crippen MR) is 67.2 cm³/mol. The topological polar surface area (TPSA) is 88.4 Å². The molecule has 18 heavy (non-hydrogen) atoms. The Balaban J connectivity index is 3.08. The van der Waals surface area contributed by atoms with E-state index in [9.17, 15) is 13.2 Å². The summed E-state index contributed by atoms with van der Waals surface area (Å²) in [6, 6.07) is 0.824. The Morgan fingerprint density at radius 2 is 2.11 bits per heavy atom. The van der Waals surface area contributed by atoms with Crippen molar-refractivity contribution in [2.75, 3.05) is 6.54 Å². The summed E-state index contributed by atoms with van der Waals surface area (Å²) in [5.41, 5.74) is 0.00245. The number of hydrogen-bond acceptors (Lipinski definition) is 4. The highest BCUT2D eigenvalue weighted by Crippen LogP contribution is 2.24. The number of halogens is 1. The van der Waals surface area contributed by atoms with Gasteiger partial charge in [0.15, 0.2) is 0 Å². The fourth-order valence-electron chi connectivity index (χ4n) is 1.26. The number of nitrogens with one attached hydrogen (secondary N) is 2. The smallest absolute Gasteiger partial charge is 0.274 e. The van der Waals surface area contributed by atoms with Gasteiger partial charge >= 0.3 is 0 Å². The molecule has 0 bridgehead atoms. The van der Waals surface area contributed by atoms with Gasteiger partial charge in [0.05, 0.1) is 5.56 Å². The van der Waals surface area contributed by atoms with Crippen LogP contribution in [0.1, 0.15) is 31.1 Å². The largest absolute Gasteiger partial charge is 0.431 e. The molecule has 2 N–H and O–H groups in total. The van der Waals surface area contributed by atoms with E-state index in [2.05, 4.69) is 10.0 Å². The minimum absolute atomic E-state index is 0.00245. The highest BCUT2D eigenvalue weighted by atomic mass is 35.5. The molecule has 1 aromatic heterocycles. The molecule has 0 radical (unpaired) electrons. The van der Waals surface area contributed by atoms with Gasteiger partial charge in [0.1, 0.15) is 0 Å². The van der Waals surface area contributed by atoms with E-state index in [1.165, 1.54) is 0 Å². The maximum Gasteiger partial charge on any atom is 0.274 e. The normalized spacial score (nSPS) is 11.8. The van der Waals surface area contributed by atoms with Crippen LogP contribution in [-0.2, 0) is 10.0 Å². The fourth-order valence-corrected chi connectivity index (χ4v) is 2.73. The van der Waals surface area contributed by atoms with Crippen molar-refractivity contribution in [2.45, 2.75) is 31.9 Å². The van der Waals surface area contributed by atoms with Gasteiger partial charge in [-0.1, -0.05) is 0 Å². The molecule has 0 aliphatic rings. The van der Waals surface area contributed by atoms with Gasteiger partial charge in [-0.2, -0.15) is 0 Å². The van der Waals surface area contributed by atoms with Crippen molar-refractivity contribution in [3.8, 4) is 0 Å². The van der Waals surface area contributed by atoms with Crippen molar-refractivity contribution in [3.63, 3.8) is 0 Å². The zero-order valence-electron chi connectivity index (χ0n) is 10.3. The van der Waals surface area contributed by atoms with Gasteiger partial charge in [-0.3, -0.25) is 4.79 Å². The molecule has 0 fully saturated rings. The molecule has 6 nitrogen and oxygen atoms in total. The molecule has 0 saturated carbocycles. The van der Waals surface area contributed by atoms with Crippen LogP contribution in [0, 0.1) is 0 Å². The monoisotopic (exact) mass is 294 g/mol. The predicted octanol–water partition coefficient (Wildman–Crippen LogP) is 1.37. The van der Waals surface area contributed by atoms with Crippen molar-refractivity contribution in [2.24, 2.45) is 0 Å². The molecule has 0 aromatic carbocycles. The molecular weight excluding hydrogens is 280 g/mol. The van der Waals surface area contributed by atoms with E-state index in [1.807, 2.05) is 0 Å². The van der Waals surface area contributed by atoms with E-state index in [4.69, 9.17) is 16.0 Å². The van der Waals surface area contributed by atoms with Crippen molar-refractivity contribution >= 4 is 27.5 Å². The molecular formula is C10H15ClN2O4S. The average Bonchev–Trinajstić information content (AvgIpc) is 2.59. The summed E-state index contributed by atoms with van der Waals surface area (Å²) >= 11 is 5.70. The Bertz CT molecular complexity index is 536. The second-order valence-electron chi connectivity index (χ2n) is 3.89. The number of sulfonamides is 1. The second kappa shape index (κ2) is 5.73. The highest BCUT2D eigenvalue weighted by Gasteiger charge is 2.25. The fraction of sp³-hybridized carbons (Fsp3) is 0.500. The number of carbonyl (C=O) groups is 1. The van der Waals surface area contributed by atoms with E-state index in [0.29, 0.717) is 6.54 Å². The number of rotatable bonds is 5. The summed E-state index contributed by atoms with van der Waals surface area (Å²) in [5, 5.41) is 1.89. The van der Waals surface area contributed by atoms with E-state index < -0.39 is 15.9 Å². The van der Waals surface area contributed by atoms with Crippen LogP contribution in [0.3, 0.4) is 0 Å². The van der Waals surface area contributed by atoms with Crippen LogP contribution in [0.15, 0.2) is 15.6 Å². The molecule has 102 valence electrons. The third-order valence-corrected chi connectivity index (χ3v) is 3.70. The molecule has 0 unspecified atom stereocenters. The lowest BCUT2D eigenvalue weighted by molar-refractivity contribution is 0.0955. The van der Waals surface area contributed by atoms with Crippen LogP contribution in [0.2, 0.25) is 5.22 Å². The standard InChI is InChI=1S/C10H15ClN2O4S/c1-4-12-10(14)7-5-8(17-9(7)11)18(15,16)13-6(2)3/h5-6,13H,4H2,1-3H3,(H,12,14). The zero-order chi connectivity index (χ0) is 13.9. The molecule has 0 aliphatic heterocycles. The molecule has 1 rings (SSSR count). The van der Waals surface area contributed by atoms with Crippen LogP contribution in [0.4, 0.5) is 0 Å². The maximum absolute atomic E-state index is 11.8. The first-order valence-corrected chi connectivity index (χ1v) is 7.24. The Morgan fingerprint density at radius 3 is 2.61 bits per heavy atom. The van der Waals surface area contributed by atoms with Crippen molar-refractivity contribution in [3.05, 3.63) is 16.8 Å². The summed E-state index contributed by atoms with van der Waals surface area (Å²) in [6.07, 6.45) is 0. The van der Waals surface area contributed by atoms with Crippen molar-refractivity contribution < 1.29 is 17.6 Å². The summed E-state index contributed by atoms with van der Waals surface area (Å²) in [7, 11) is -3.79. The first-order chi connectivity index (χ1) is 8.27. The Labute approximate surface area is 111 Å². The number of amides is 1. The molecule has 0 atom stereocenters. The van der Waals surface area contributed by atoms with Gasteiger partial charge < -0.3 is 9.73 Å². The Kier molecular flexibility index (Phi) is 4.78. The second-order valence-corrected chi connectivity index (χ2v) is 5.88. The third-order valence-electron chi connectivity index (χ3n) is 1.90. The Hall–Kier alpha value is -1.05. The van der Waals surface area contributed by atoms with E-state index in [0.717, 1.165) is 6.07 Å². The van der Waals surface area contributed by atoms with E-state index in [1.54, 1.807) is 20.8 Å². The van der Waals surface area contributed by atoms with Crippen LogP contribution in [0.25, 0.3) is 0 Å². The van der Waals surface area contributed by atoms with E-state index in [-0.39, 0.29) is 21.9 Å². The van der Waals surface area contributed by atoms with Crippen molar-refractivity contribution in [1.82, 2.24) is 10.0 Å². The van der Waals surface area contributed by atoms with Gasteiger partial charge in [-0.15, -0.1) is 0 Å².